The number of rotatable bonds is 7. The zero-order valence-corrected chi connectivity index (χ0v) is 18.5. The third kappa shape index (κ3) is 4.87. The molecule has 1 amide bonds. The number of halogens is 1. The molecule has 29 heavy (non-hydrogen) atoms. The zero-order valence-electron chi connectivity index (χ0n) is 16.9. The largest absolute Gasteiger partial charge is 0.355 e. The van der Waals surface area contributed by atoms with Crippen LogP contribution in [0.5, 0.6) is 0 Å². The van der Waals surface area contributed by atoms with E-state index in [2.05, 4.69) is 10.3 Å². The van der Waals surface area contributed by atoms with E-state index in [4.69, 9.17) is 0 Å². The molecule has 0 saturated heterocycles. The number of benzene rings is 1. The lowest BCUT2D eigenvalue weighted by Gasteiger charge is -2.15. The standard InChI is InChI=1S/C21H24FN3O2S2/c1-12(2)25-20(27)18-13(3)14(4)29-19(18)24-21(25)28-11-17(26)23-10-9-15-5-7-16(22)8-6-15/h5-8,12H,9-11H2,1-4H3,(H,23,26). The number of aromatic nitrogens is 2. The Morgan fingerprint density at radius 2 is 1.97 bits per heavy atom. The third-order valence-electron chi connectivity index (χ3n) is 4.70. The Kier molecular flexibility index (Phi) is 6.74. The first-order valence-electron chi connectivity index (χ1n) is 9.44. The van der Waals surface area contributed by atoms with Crippen molar-refractivity contribution in [2.75, 3.05) is 12.3 Å². The molecule has 0 spiro atoms. The Labute approximate surface area is 177 Å². The molecule has 2 heterocycles. The average Bonchev–Trinajstić information content (AvgIpc) is 2.95. The highest BCUT2D eigenvalue weighted by atomic mass is 32.2. The number of hydrogen-bond acceptors (Lipinski definition) is 5. The highest BCUT2D eigenvalue weighted by Gasteiger charge is 2.19. The molecule has 0 unspecified atom stereocenters. The number of thiophene rings is 1. The van der Waals surface area contributed by atoms with Crippen molar-refractivity contribution in [2.45, 2.75) is 45.3 Å². The number of carbonyl (C=O) groups excluding carboxylic acids is 1. The molecule has 0 aliphatic heterocycles. The molecule has 0 aliphatic rings. The molecular weight excluding hydrogens is 409 g/mol. The summed E-state index contributed by atoms with van der Waals surface area (Å²) < 4.78 is 14.6. The summed E-state index contributed by atoms with van der Waals surface area (Å²) >= 11 is 2.78. The van der Waals surface area contributed by atoms with Gasteiger partial charge in [-0.3, -0.25) is 14.2 Å². The summed E-state index contributed by atoms with van der Waals surface area (Å²) in [6.45, 7) is 8.29. The van der Waals surface area contributed by atoms with Crippen molar-refractivity contribution in [3.63, 3.8) is 0 Å². The van der Waals surface area contributed by atoms with E-state index in [0.717, 1.165) is 20.8 Å². The summed E-state index contributed by atoms with van der Waals surface area (Å²) in [5, 5.41) is 4.10. The molecule has 154 valence electrons. The maximum atomic E-state index is 13.0. The van der Waals surface area contributed by atoms with Crippen LogP contribution in [0.25, 0.3) is 10.2 Å². The van der Waals surface area contributed by atoms with E-state index >= 15 is 0 Å². The van der Waals surface area contributed by atoms with Gasteiger partial charge in [-0.25, -0.2) is 9.37 Å². The van der Waals surface area contributed by atoms with Gasteiger partial charge in [0.05, 0.1) is 11.1 Å². The first kappa shape index (κ1) is 21.5. The molecular formula is C21H24FN3O2S2. The molecule has 0 atom stereocenters. The Hall–Kier alpha value is -2.19. The zero-order chi connectivity index (χ0) is 21.1. The third-order valence-corrected chi connectivity index (χ3v) is 6.75. The van der Waals surface area contributed by atoms with Gasteiger partial charge in [-0.2, -0.15) is 0 Å². The quantitative estimate of drug-likeness (QED) is 0.447. The molecule has 8 heteroatoms. The molecule has 1 aromatic carbocycles. The fourth-order valence-corrected chi connectivity index (χ4v) is 5.05. The second-order valence-corrected chi connectivity index (χ2v) is 9.29. The van der Waals surface area contributed by atoms with Gasteiger partial charge in [-0.15, -0.1) is 11.3 Å². The molecule has 5 nitrogen and oxygen atoms in total. The van der Waals surface area contributed by atoms with E-state index < -0.39 is 0 Å². The number of hydrogen-bond donors (Lipinski definition) is 1. The topological polar surface area (TPSA) is 64.0 Å². The fourth-order valence-electron chi connectivity index (χ4n) is 3.02. The van der Waals surface area contributed by atoms with Crippen molar-refractivity contribution < 1.29 is 9.18 Å². The molecule has 1 N–H and O–H groups in total. The van der Waals surface area contributed by atoms with E-state index in [0.29, 0.717) is 23.5 Å². The fraction of sp³-hybridized carbons (Fsp3) is 0.381. The minimum atomic E-state index is -0.272. The first-order chi connectivity index (χ1) is 13.8. The maximum absolute atomic E-state index is 13.0. The van der Waals surface area contributed by atoms with Crippen LogP contribution in [-0.2, 0) is 11.2 Å². The minimum Gasteiger partial charge on any atom is -0.355 e. The lowest BCUT2D eigenvalue weighted by molar-refractivity contribution is -0.118. The second kappa shape index (κ2) is 9.09. The van der Waals surface area contributed by atoms with E-state index in [1.165, 1.54) is 35.2 Å². The molecule has 0 saturated carbocycles. The second-order valence-electron chi connectivity index (χ2n) is 7.14. The van der Waals surface area contributed by atoms with Crippen molar-refractivity contribution >= 4 is 39.2 Å². The van der Waals surface area contributed by atoms with E-state index in [9.17, 15) is 14.0 Å². The van der Waals surface area contributed by atoms with Gasteiger partial charge >= 0.3 is 0 Å². The summed E-state index contributed by atoms with van der Waals surface area (Å²) in [7, 11) is 0. The van der Waals surface area contributed by atoms with Crippen molar-refractivity contribution in [1.82, 2.24) is 14.9 Å². The SMILES string of the molecule is Cc1sc2nc(SCC(=O)NCCc3ccc(F)cc3)n(C(C)C)c(=O)c2c1C. The number of thioether (sulfide) groups is 1. The van der Waals surface area contributed by atoms with Gasteiger partial charge in [0.2, 0.25) is 5.91 Å². The summed E-state index contributed by atoms with van der Waals surface area (Å²) in [5.74, 6) is -0.219. The predicted octanol–water partition coefficient (Wildman–Crippen LogP) is 4.25. The monoisotopic (exact) mass is 433 g/mol. The number of carbonyl (C=O) groups is 1. The first-order valence-corrected chi connectivity index (χ1v) is 11.2. The van der Waals surface area contributed by atoms with Crippen LogP contribution < -0.4 is 10.9 Å². The highest BCUT2D eigenvalue weighted by molar-refractivity contribution is 7.99. The Morgan fingerprint density at radius 1 is 1.28 bits per heavy atom. The predicted molar refractivity (Wildman–Crippen MR) is 118 cm³/mol. The normalized spacial score (nSPS) is 11.4. The molecule has 3 aromatic rings. The van der Waals surface area contributed by atoms with Crippen molar-refractivity contribution in [3.05, 3.63) is 56.4 Å². The summed E-state index contributed by atoms with van der Waals surface area (Å²) in [6, 6.07) is 6.19. The number of amides is 1. The van der Waals surface area contributed by atoms with E-state index in [1.807, 2.05) is 27.7 Å². The number of nitrogens with one attached hydrogen (secondary N) is 1. The number of nitrogens with zero attached hydrogens (tertiary/aromatic N) is 2. The minimum absolute atomic E-state index is 0.0499. The van der Waals surface area contributed by atoms with Gasteiger partial charge in [-0.1, -0.05) is 23.9 Å². The van der Waals surface area contributed by atoms with Gasteiger partial charge in [0.25, 0.3) is 5.56 Å². The van der Waals surface area contributed by atoms with E-state index in [1.54, 1.807) is 16.7 Å². The highest BCUT2D eigenvalue weighted by Crippen LogP contribution is 2.29. The van der Waals surface area contributed by atoms with Crippen LogP contribution >= 0.6 is 23.1 Å². The van der Waals surface area contributed by atoms with Crippen LogP contribution in [-0.4, -0.2) is 27.8 Å². The Bertz CT molecular complexity index is 1090. The number of fused-ring (bicyclic) bond motifs is 1. The van der Waals surface area contributed by atoms with Crippen molar-refractivity contribution in [2.24, 2.45) is 0 Å². The van der Waals surface area contributed by atoms with Gasteiger partial charge in [-0.05, 0) is 57.4 Å². The van der Waals surface area contributed by atoms with Crippen LogP contribution in [0.2, 0.25) is 0 Å². The van der Waals surface area contributed by atoms with Crippen LogP contribution in [0.4, 0.5) is 4.39 Å². The van der Waals surface area contributed by atoms with Crippen molar-refractivity contribution in [1.29, 1.82) is 0 Å². The summed E-state index contributed by atoms with van der Waals surface area (Å²) in [4.78, 5) is 31.7. The number of aryl methyl sites for hydroxylation is 2. The molecule has 2 aromatic heterocycles. The van der Waals surface area contributed by atoms with Gasteiger partial charge in [0.15, 0.2) is 5.16 Å². The van der Waals surface area contributed by atoms with Gasteiger partial charge in [0.1, 0.15) is 10.6 Å². The van der Waals surface area contributed by atoms with Crippen molar-refractivity contribution in [3.8, 4) is 0 Å². The van der Waals surface area contributed by atoms with E-state index in [-0.39, 0.29) is 29.1 Å². The van der Waals surface area contributed by atoms with Crippen LogP contribution in [0, 0.1) is 19.7 Å². The lowest BCUT2D eigenvalue weighted by Crippen LogP contribution is -2.29. The Balaban J connectivity index is 1.67. The molecule has 0 radical (unpaired) electrons. The summed E-state index contributed by atoms with van der Waals surface area (Å²) in [6.07, 6.45) is 0.630. The smallest absolute Gasteiger partial charge is 0.263 e. The van der Waals surface area contributed by atoms with Crippen LogP contribution in [0.3, 0.4) is 0 Å². The van der Waals surface area contributed by atoms with Gasteiger partial charge in [0, 0.05) is 17.5 Å². The molecule has 3 rings (SSSR count). The molecule has 0 fully saturated rings. The summed E-state index contributed by atoms with van der Waals surface area (Å²) in [5.41, 5.74) is 1.89. The Morgan fingerprint density at radius 3 is 2.62 bits per heavy atom. The molecule has 0 bridgehead atoms. The maximum Gasteiger partial charge on any atom is 0.263 e. The lowest BCUT2D eigenvalue weighted by atomic mass is 10.1. The average molecular weight is 434 g/mol. The van der Waals surface area contributed by atoms with Crippen LogP contribution in [0.1, 0.15) is 35.9 Å². The van der Waals surface area contributed by atoms with Crippen LogP contribution in [0.15, 0.2) is 34.2 Å². The molecule has 0 aliphatic carbocycles. The van der Waals surface area contributed by atoms with Gasteiger partial charge < -0.3 is 5.32 Å².